The predicted octanol–water partition coefficient (Wildman–Crippen LogP) is 2.29. The van der Waals surface area contributed by atoms with Crippen molar-refractivity contribution < 1.29 is 5.11 Å². The Kier molecular flexibility index (Phi) is 3.49. The van der Waals surface area contributed by atoms with Gasteiger partial charge in [-0.3, -0.25) is 0 Å². The Bertz CT molecular complexity index is 481. The summed E-state index contributed by atoms with van der Waals surface area (Å²) in [5, 5.41) is 14.1. The maximum absolute atomic E-state index is 8.93. The molecule has 4 heteroatoms. The first kappa shape index (κ1) is 11.5. The molecule has 0 saturated carbocycles. The van der Waals surface area contributed by atoms with Crippen LogP contribution >= 0.6 is 11.6 Å². The molecular weight excluding hydrogens is 224 g/mol. The Labute approximate surface area is 99.4 Å². The van der Waals surface area contributed by atoms with Crippen molar-refractivity contribution in [2.75, 3.05) is 6.61 Å². The highest BCUT2D eigenvalue weighted by molar-refractivity contribution is 6.31. The molecule has 1 aromatic heterocycles. The van der Waals surface area contributed by atoms with Crippen molar-refractivity contribution in [3.05, 3.63) is 35.0 Å². The highest BCUT2D eigenvalue weighted by Crippen LogP contribution is 2.21. The van der Waals surface area contributed by atoms with Gasteiger partial charge in [0, 0.05) is 34.7 Å². The van der Waals surface area contributed by atoms with Gasteiger partial charge in [0.05, 0.1) is 6.61 Å². The van der Waals surface area contributed by atoms with Crippen molar-refractivity contribution in [1.82, 2.24) is 10.3 Å². The van der Waals surface area contributed by atoms with Crippen molar-refractivity contribution in [3.63, 3.8) is 0 Å². The van der Waals surface area contributed by atoms with Crippen molar-refractivity contribution in [2.24, 2.45) is 0 Å². The standard InChI is InChI=1S/C12H15ClN2O/c1-8(7-16)14-5-9-6-15-12-4-10(13)2-3-11(9)12/h2-4,6,8,14-16H,5,7H2,1H3. The van der Waals surface area contributed by atoms with Crippen LogP contribution in [0, 0.1) is 0 Å². The van der Waals surface area contributed by atoms with Crippen LogP contribution in [0.3, 0.4) is 0 Å². The summed E-state index contributed by atoms with van der Waals surface area (Å²) >= 11 is 5.91. The lowest BCUT2D eigenvalue weighted by atomic mass is 10.1. The molecule has 0 aliphatic heterocycles. The molecule has 16 heavy (non-hydrogen) atoms. The Balaban J connectivity index is 2.19. The average Bonchev–Trinajstić information content (AvgIpc) is 2.68. The average molecular weight is 239 g/mol. The van der Waals surface area contributed by atoms with E-state index >= 15 is 0 Å². The third-order valence-electron chi connectivity index (χ3n) is 2.64. The van der Waals surface area contributed by atoms with Gasteiger partial charge >= 0.3 is 0 Å². The van der Waals surface area contributed by atoms with Crippen molar-refractivity contribution >= 4 is 22.5 Å². The normalized spacial score (nSPS) is 13.2. The lowest BCUT2D eigenvalue weighted by Gasteiger charge is -2.09. The molecule has 86 valence electrons. The maximum atomic E-state index is 8.93. The van der Waals surface area contributed by atoms with Crippen LogP contribution in [0.1, 0.15) is 12.5 Å². The van der Waals surface area contributed by atoms with Gasteiger partial charge in [-0.25, -0.2) is 0 Å². The molecule has 0 amide bonds. The topological polar surface area (TPSA) is 48.0 Å². The van der Waals surface area contributed by atoms with E-state index in [4.69, 9.17) is 16.7 Å². The Morgan fingerprint density at radius 1 is 1.50 bits per heavy atom. The molecule has 0 saturated heterocycles. The van der Waals surface area contributed by atoms with Crippen molar-refractivity contribution in [1.29, 1.82) is 0 Å². The van der Waals surface area contributed by atoms with E-state index in [1.54, 1.807) is 0 Å². The molecule has 0 radical (unpaired) electrons. The second-order valence-electron chi connectivity index (χ2n) is 3.97. The Morgan fingerprint density at radius 2 is 2.31 bits per heavy atom. The molecular formula is C12H15ClN2O. The first-order valence-corrected chi connectivity index (χ1v) is 5.68. The molecule has 1 unspecified atom stereocenters. The summed E-state index contributed by atoms with van der Waals surface area (Å²) in [6.07, 6.45) is 1.97. The first-order chi connectivity index (χ1) is 7.70. The molecule has 2 rings (SSSR count). The van der Waals surface area contributed by atoms with E-state index in [0.717, 1.165) is 17.1 Å². The van der Waals surface area contributed by atoms with Gasteiger partial charge in [0.1, 0.15) is 0 Å². The third kappa shape index (κ3) is 2.38. The predicted molar refractivity (Wildman–Crippen MR) is 66.7 cm³/mol. The molecule has 0 aliphatic rings. The number of nitrogens with one attached hydrogen (secondary N) is 2. The van der Waals surface area contributed by atoms with Crippen LogP contribution in [0.2, 0.25) is 5.02 Å². The molecule has 3 N–H and O–H groups in total. The van der Waals surface area contributed by atoms with Crippen molar-refractivity contribution in [2.45, 2.75) is 19.5 Å². The lowest BCUT2D eigenvalue weighted by Crippen LogP contribution is -2.28. The number of rotatable bonds is 4. The third-order valence-corrected chi connectivity index (χ3v) is 2.88. The summed E-state index contributed by atoms with van der Waals surface area (Å²) in [5.41, 5.74) is 2.23. The summed E-state index contributed by atoms with van der Waals surface area (Å²) in [4.78, 5) is 3.18. The fourth-order valence-corrected chi connectivity index (χ4v) is 1.83. The minimum atomic E-state index is 0.109. The SMILES string of the molecule is CC(CO)NCc1c[nH]c2cc(Cl)ccc12. The van der Waals surface area contributed by atoms with Crippen LogP contribution in [0.15, 0.2) is 24.4 Å². The fourth-order valence-electron chi connectivity index (χ4n) is 1.65. The first-order valence-electron chi connectivity index (χ1n) is 5.30. The van der Waals surface area contributed by atoms with E-state index < -0.39 is 0 Å². The number of hydrogen-bond donors (Lipinski definition) is 3. The van der Waals surface area contributed by atoms with E-state index in [1.165, 1.54) is 10.9 Å². The maximum Gasteiger partial charge on any atom is 0.0582 e. The van der Waals surface area contributed by atoms with Crippen LogP contribution in [-0.4, -0.2) is 22.7 Å². The van der Waals surface area contributed by atoms with E-state index in [2.05, 4.69) is 10.3 Å². The fraction of sp³-hybridized carbons (Fsp3) is 0.333. The van der Waals surface area contributed by atoms with Crippen LogP contribution in [0.25, 0.3) is 10.9 Å². The van der Waals surface area contributed by atoms with Crippen LogP contribution in [-0.2, 0) is 6.54 Å². The van der Waals surface area contributed by atoms with E-state index in [0.29, 0.717) is 0 Å². The van der Waals surface area contributed by atoms with Gasteiger partial charge in [0.25, 0.3) is 0 Å². The molecule has 2 aromatic rings. The van der Waals surface area contributed by atoms with Gasteiger partial charge in [0.2, 0.25) is 0 Å². The second kappa shape index (κ2) is 4.87. The summed E-state index contributed by atoms with van der Waals surface area (Å²) < 4.78 is 0. The van der Waals surface area contributed by atoms with Gasteiger partial charge in [-0.15, -0.1) is 0 Å². The molecule has 1 heterocycles. The summed E-state index contributed by atoms with van der Waals surface area (Å²) in [7, 11) is 0. The van der Waals surface area contributed by atoms with Gasteiger partial charge in [-0.1, -0.05) is 17.7 Å². The number of aromatic amines is 1. The van der Waals surface area contributed by atoms with Crippen LogP contribution in [0.5, 0.6) is 0 Å². The number of fused-ring (bicyclic) bond motifs is 1. The highest BCUT2D eigenvalue weighted by Gasteiger charge is 2.05. The highest BCUT2D eigenvalue weighted by atomic mass is 35.5. The summed E-state index contributed by atoms with van der Waals surface area (Å²) in [6, 6.07) is 5.92. The van der Waals surface area contributed by atoms with Gasteiger partial charge < -0.3 is 15.4 Å². The Morgan fingerprint density at radius 3 is 3.06 bits per heavy atom. The zero-order chi connectivity index (χ0) is 11.5. The molecule has 0 spiro atoms. The minimum Gasteiger partial charge on any atom is -0.395 e. The number of aliphatic hydroxyl groups is 1. The molecule has 0 fully saturated rings. The summed E-state index contributed by atoms with van der Waals surface area (Å²) in [6.45, 7) is 2.84. The quantitative estimate of drug-likeness (QED) is 0.766. The molecule has 3 nitrogen and oxygen atoms in total. The number of halogens is 1. The number of hydrogen-bond acceptors (Lipinski definition) is 2. The molecule has 0 bridgehead atoms. The molecule has 0 aliphatic carbocycles. The van der Waals surface area contributed by atoms with E-state index in [1.807, 2.05) is 31.3 Å². The number of aliphatic hydroxyl groups excluding tert-OH is 1. The number of H-pyrrole nitrogens is 1. The zero-order valence-electron chi connectivity index (χ0n) is 9.13. The van der Waals surface area contributed by atoms with Gasteiger partial charge in [0.15, 0.2) is 0 Å². The van der Waals surface area contributed by atoms with Crippen molar-refractivity contribution in [3.8, 4) is 0 Å². The number of aromatic nitrogens is 1. The minimum absolute atomic E-state index is 0.109. The summed E-state index contributed by atoms with van der Waals surface area (Å²) in [5.74, 6) is 0. The Hall–Kier alpha value is -1.03. The molecule has 1 aromatic carbocycles. The second-order valence-corrected chi connectivity index (χ2v) is 4.40. The van der Waals surface area contributed by atoms with Crippen LogP contribution in [0.4, 0.5) is 0 Å². The van der Waals surface area contributed by atoms with Gasteiger partial charge in [-0.05, 0) is 24.6 Å². The monoisotopic (exact) mass is 238 g/mol. The zero-order valence-corrected chi connectivity index (χ0v) is 9.88. The van der Waals surface area contributed by atoms with E-state index in [-0.39, 0.29) is 12.6 Å². The van der Waals surface area contributed by atoms with Crippen LogP contribution < -0.4 is 5.32 Å². The smallest absolute Gasteiger partial charge is 0.0582 e. The van der Waals surface area contributed by atoms with Gasteiger partial charge in [-0.2, -0.15) is 0 Å². The van der Waals surface area contributed by atoms with E-state index in [9.17, 15) is 0 Å². The number of benzene rings is 1. The lowest BCUT2D eigenvalue weighted by molar-refractivity contribution is 0.251. The largest absolute Gasteiger partial charge is 0.395 e. The molecule has 1 atom stereocenters.